The minimum absolute atomic E-state index is 0.144. The van der Waals surface area contributed by atoms with Crippen LogP contribution in [-0.4, -0.2) is 12.7 Å². The Kier molecular flexibility index (Phi) is 2.61. The van der Waals surface area contributed by atoms with Crippen LogP contribution in [0.15, 0.2) is 0 Å². The van der Waals surface area contributed by atoms with Gasteiger partial charge in [-0.2, -0.15) is 0 Å². The van der Waals surface area contributed by atoms with E-state index < -0.39 is 0 Å². The minimum atomic E-state index is -0.144. The van der Waals surface area contributed by atoms with Crippen molar-refractivity contribution in [1.82, 2.24) is 0 Å². The van der Waals surface area contributed by atoms with Crippen molar-refractivity contribution in [3.63, 3.8) is 0 Å². The molecule has 0 aliphatic heterocycles. The van der Waals surface area contributed by atoms with Crippen molar-refractivity contribution in [1.29, 1.82) is 0 Å². The molecule has 32 valence electrons. The van der Waals surface area contributed by atoms with Crippen molar-refractivity contribution in [3.05, 3.63) is 0 Å². The van der Waals surface area contributed by atoms with E-state index in [0.717, 1.165) is 0 Å². The van der Waals surface area contributed by atoms with E-state index in [4.69, 9.17) is 11.6 Å². The monoisotopic (exact) mass is 94.0 g/mol. The molecule has 0 bridgehead atoms. The molecule has 0 spiro atoms. The van der Waals surface area contributed by atoms with Gasteiger partial charge < -0.3 is 4.74 Å². The molecule has 1 nitrogen and oxygen atoms in total. The first-order valence-corrected chi connectivity index (χ1v) is 1.88. The van der Waals surface area contributed by atoms with Gasteiger partial charge in [-0.1, -0.05) is 11.6 Å². The van der Waals surface area contributed by atoms with E-state index in [2.05, 4.69) is 4.74 Å². The second-order valence-corrected chi connectivity index (χ2v) is 1.39. The van der Waals surface area contributed by atoms with Gasteiger partial charge in [0.25, 0.3) is 0 Å². The van der Waals surface area contributed by atoms with Crippen molar-refractivity contribution in [2.45, 2.75) is 12.5 Å². The Hall–Kier alpha value is 0.250. The normalized spacial score (nSPS) is 15.0. The van der Waals surface area contributed by atoms with Gasteiger partial charge in [-0.15, -0.1) is 0 Å². The Labute approximate surface area is 36.9 Å². The van der Waals surface area contributed by atoms with Crippen molar-refractivity contribution >= 4 is 11.6 Å². The van der Waals surface area contributed by atoms with E-state index >= 15 is 0 Å². The number of methoxy groups -OCH3 is 1. The Morgan fingerprint density at radius 2 is 2.00 bits per heavy atom. The van der Waals surface area contributed by atoms with Gasteiger partial charge in [0, 0.05) is 7.11 Å². The molecule has 0 aromatic carbocycles. The van der Waals surface area contributed by atoms with Crippen LogP contribution < -0.4 is 0 Å². The van der Waals surface area contributed by atoms with E-state index in [1.165, 1.54) is 0 Å². The molecule has 0 heterocycles. The lowest BCUT2D eigenvalue weighted by atomic mass is 10.9. The Bertz CT molecular complexity index is 20.9. The summed E-state index contributed by atoms with van der Waals surface area (Å²) in [6, 6.07) is 0. The number of alkyl halides is 1. The second-order valence-electron chi connectivity index (χ2n) is 0.779. The summed E-state index contributed by atoms with van der Waals surface area (Å²) in [5.41, 5.74) is -0.144. The summed E-state index contributed by atoms with van der Waals surface area (Å²) in [4.78, 5) is 0. The molecule has 0 N–H and O–H groups in total. The average Bonchev–Trinajstić information content (AvgIpc) is 1.38. The lowest BCUT2D eigenvalue weighted by molar-refractivity contribution is 0.182. The highest BCUT2D eigenvalue weighted by molar-refractivity contribution is 6.19. The topological polar surface area (TPSA) is 9.23 Å². The fourth-order valence-electron chi connectivity index (χ4n) is 0. The van der Waals surface area contributed by atoms with Gasteiger partial charge in [-0.3, -0.25) is 0 Å². The zero-order chi connectivity index (χ0) is 4.28. The maximum Gasteiger partial charge on any atom is 0.128 e. The molecule has 5 heavy (non-hydrogen) atoms. The fraction of sp³-hybridized carbons (Fsp3) is 1.00. The van der Waals surface area contributed by atoms with Crippen LogP contribution >= 0.6 is 11.6 Å². The first-order chi connectivity index (χ1) is 2.27. The minimum Gasteiger partial charge on any atom is -0.366 e. The van der Waals surface area contributed by atoms with Crippen LogP contribution in [0.2, 0.25) is 0 Å². The van der Waals surface area contributed by atoms with Gasteiger partial charge in [0.15, 0.2) is 0 Å². The first kappa shape index (κ1) is 5.25. The highest BCUT2D eigenvalue weighted by atomic mass is 35.5. The van der Waals surface area contributed by atoms with Gasteiger partial charge in [-0.25, -0.2) is 0 Å². The lowest BCUT2D eigenvalue weighted by Crippen LogP contribution is -1.89. The molecular weight excluding hydrogens is 87.5 g/mol. The predicted octanol–water partition coefficient (Wildman–Crippen LogP) is 1.22. The third-order valence-electron chi connectivity index (χ3n) is 0.325. The third kappa shape index (κ3) is 4.25. The van der Waals surface area contributed by atoms with Crippen LogP contribution in [0.25, 0.3) is 0 Å². The fourth-order valence-corrected chi connectivity index (χ4v) is 0. The molecule has 0 rings (SSSR count). The zero-order valence-corrected chi connectivity index (χ0v) is 4.12. The van der Waals surface area contributed by atoms with Crippen LogP contribution in [-0.2, 0) is 4.74 Å². The van der Waals surface area contributed by atoms with Gasteiger partial charge >= 0.3 is 0 Å². The maximum absolute atomic E-state index is 5.24. The van der Waals surface area contributed by atoms with Crippen molar-refractivity contribution in [2.24, 2.45) is 0 Å². The van der Waals surface area contributed by atoms with Crippen LogP contribution in [0.5, 0.6) is 0 Å². The molecule has 1 atom stereocenters. The summed E-state index contributed by atoms with van der Waals surface area (Å²) in [5.74, 6) is 0. The molecule has 0 radical (unpaired) electrons. The number of halogens is 1. The number of hydrogen-bond acceptors (Lipinski definition) is 1. The summed E-state index contributed by atoms with van der Waals surface area (Å²) in [6.07, 6.45) is 0. The summed E-state index contributed by atoms with van der Waals surface area (Å²) >= 11 is 5.24. The Morgan fingerprint density at radius 3 is 2.00 bits per heavy atom. The summed E-state index contributed by atoms with van der Waals surface area (Å²) < 4.78 is 4.52. The van der Waals surface area contributed by atoms with Crippen LogP contribution in [0.3, 0.4) is 0 Å². The summed E-state index contributed by atoms with van der Waals surface area (Å²) in [7, 11) is 1.57. The first-order valence-electron chi connectivity index (χ1n) is 1.44. The quantitative estimate of drug-likeness (QED) is 0.444. The van der Waals surface area contributed by atoms with Crippen molar-refractivity contribution < 1.29 is 4.74 Å². The van der Waals surface area contributed by atoms with Crippen molar-refractivity contribution in [2.75, 3.05) is 7.11 Å². The van der Waals surface area contributed by atoms with Gasteiger partial charge in [-0.05, 0) is 6.92 Å². The van der Waals surface area contributed by atoms with E-state index in [1.807, 2.05) is 0 Å². The average molecular weight is 94.5 g/mol. The van der Waals surface area contributed by atoms with E-state index in [9.17, 15) is 0 Å². The zero-order valence-electron chi connectivity index (χ0n) is 3.36. The molecule has 0 amide bonds. The smallest absolute Gasteiger partial charge is 0.128 e. The van der Waals surface area contributed by atoms with Crippen LogP contribution in [0.1, 0.15) is 6.92 Å². The van der Waals surface area contributed by atoms with Crippen LogP contribution in [0, 0.1) is 0 Å². The molecule has 0 aliphatic carbocycles. The molecular formula is C3H7ClO. The molecule has 0 aromatic rings. The Balaban J connectivity index is 2.54. The number of hydrogen-bond donors (Lipinski definition) is 0. The third-order valence-corrected chi connectivity index (χ3v) is 0.503. The van der Waals surface area contributed by atoms with E-state index in [1.54, 1.807) is 14.0 Å². The Morgan fingerprint density at radius 1 is 1.80 bits per heavy atom. The second kappa shape index (κ2) is 2.49. The highest BCUT2D eigenvalue weighted by Crippen LogP contribution is 1.89. The lowest BCUT2D eigenvalue weighted by Gasteiger charge is -1.91. The largest absolute Gasteiger partial charge is 0.366 e. The molecule has 0 unspecified atom stereocenters. The van der Waals surface area contributed by atoms with Gasteiger partial charge in [0.1, 0.15) is 5.56 Å². The summed E-state index contributed by atoms with van der Waals surface area (Å²) in [5, 5.41) is 0. The number of rotatable bonds is 1. The SMILES string of the molecule is CO[C@@H](C)Cl. The number of ether oxygens (including phenoxy) is 1. The molecule has 0 fully saturated rings. The standard InChI is InChI=1S/C3H7ClO/c1-3(4)5-2/h3H,1-2H3/t3-/m0/s1. The molecule has 0 saturated carbocycles. The van der Waals surface area contributed by atoms with Gasteiger partial charge in [0.05, 0.1) is 0 Å². The molecule has 2 heteroatoms. The van der Waals surface area contributed by atoms with Gasteiger partial charge in [0.2, 0.25) is 0 Å². The molecule has 0 saturated heterocycles. The molecule has 0 aliphatic rings. The maximum atomic E-state index is 5.24. The van der Waals surface area contributed by atoms with Crippen molar-refractivity contribution in [3.8, 4) is 0 Å². The van der Waals surface area contributed by atoms with E-state index in [0.29, 0.717) is 0 Å². The predicted molar refractivity (Wildman–Crippen MR) is 22.3 cm³/mol. The highest BCUT2D eigenvalue weighted by Gasteiger charge is 1.82. The summed E-state index contributed by atoms with van der Waals surface area (Å²) in [6.45, 7) is 1.77. The molecule has 0 aromatic heterocycles. The van der Waals surface area contributed by atoms with E-state index in [-0.39, 0.29) is 5.56 Å². The van der Waals surface area contributed by atoms with Crippen LogP contribution in [0.4, 0.5) is 0 Å².